The fourth-order valence-electron chi connectivity index (χ4n) is 4.30. The largest absolute Gasteiger partial charge is 0.394 e. The van der Waals surface area contributed by atoms with Gasteiger partial charge in [0.1, 0.15) is 12.1 Å². The molecular formula is C27H28N4O4. The smallest absolute Gasteiger partial charge is 0.249 e. The molecule has 3 amide bonds. The normalized spacial score (nSPS) is 16.2. The van der Waals surface area contributed by atoms with Gasteiger partial charge in [-0.25, -0.2) is 0 Å². The van der Waals surface area contributed by atoms with Crippen molar-refractivity contribution in [3.05, 3.63) is 89.5 Å². The van der Waals surface area contributed by atoms with Crippen LogP contribution < -0.4 is 21.7 Å². The van der Waals surface area contributed by atoms with E-state index in [1.54, 1.807) is 17.0 Å². The van der Waals surface area contributed by atoms with Gasteiger partial charge in [-0.15, -0.1) is 0 Å². The summed E-state index contributed by atoms with van der Waals surface area (Å²) in [5.41, 5.74) is 15.9. The molecule has 0 aromatic heterocycles. The Kier molecular flexibility index (Phi) is 7.24. The van der Waals surface area contributed by atoms with E-state index in [9.17, 15) is 19.5 Å². The topological polar surface area (TPSA) is 139 Å². The van der Waals surface area contributed by atoms with Crippen molar-refractivity contribution < 1.29 is 19.5 Å². The number of aliphatic hydroxyl groups excluding tert-OH is 1. The van der Waals surface area contributed by atoms with Crippen molar-refractivity contribution >= 4 is 23.4 Å². The predicted octanol–water partition coefficient (Wildman–Crippen LogP) is 1.74. The number of aryl methyl sites for hydroxylation is 1. The molecule has 1 aliphatic heterocycles. The summed E-state index contributed by atoms with van der Waals surface area (Å²) in [6.45, 7) is -0.200. The number of nitrogens with zero attached hydrogens (tertiary/aromatic N) is 1. The number of nitrogens with one attached hydrogen (secondary N) is 1. The third kappa shape index (κ3) is 5.24. The van der Waals surface area contributed by atoms with Crippen molar-refractivity contribution in [3.8, 4) is 11.1 Å². The van der Waals surface area contributed by atoms with Gasteiger partial charge in [0.2, 0.25) is 17.7 Å². The Balaban J connectivity index is 1.61. The van der Waals surface area contributed by atoms with Crippen LogP contribution in [0.25, 0.3) is 11.1 Å². The number of anilines is 1. The number of amides is 3. The molecule has 8 heteroatoms. The highest BCUT2D eigenvalue weighted by Crippen LogP contribution is 2.30. The van der Waals surface area contributed by atoms with Gasteiger partial charge in [0.15, 0.2) is 0 Å². The van der Waals surface area contributed by atoms with E-state index >= 15 is 0 Å². The van der Waals surface area contributed by atoms with Crippen LogP contribution in [0.5, 0.6) is 0 Å². The zero-order valence-corrected chi connectivity index (χ0v) is 19.2. The number of para-hydroxylation sites is 1. The molecule has 1 heterocycles. The first-order valence-electron chi connectivity index (χ1n) is 11.4. The minimum Gasteiger partial charge on any atom is -0.394 e. The lowest BCUT2D eigenvalue weighted by Gasteiger charge is -2.27. The maximum absolute atomic E-state index is 13.5. The zero-order valence-electron chi connectivity index (χ0n) is 19.2. The molecule has 4 rings (SSSR count). The molecule has 8 nitrogen and oxygen atoms in total. The minimum absolute atomic E-state index is 0.239. The van der Waals surface area contributed by atoms with Crippen LogP contribution in [0.3, 0.4) is 0 Å². The Morgan fingerprint density at radius 1 is 1.03 bits per heavy atom. The van der Waals surface area contributed by atoms with Gasteiger partial charge in [-0.05, 0) is 47.2 Å². The van der Waals surface area contributed by atoms with Crippen LogP contribution in [-0.4, -0.2) is 41.5 Å². The zero-order chi connectivity index (χ0) is 24.9. The average Bonchev–Trinajstić information content (AvgIpc) is 3.01. The average molecular weight is 473 g/mol. The first-order chi connectivity index (χ1) is 16.9. The molecule has 2 atom stereocenters. The van der Waals surface area contributed by atoms with E-state index in [2.05, 4.69) is 5.32 Å². The standard InChI is InChI=1S/C27H28N4O4/c28-22(16-32)26(34)30-23-14-13-19-5-1-4-8-24(19)31(27(23)35)15-17-9-11-18(12-10-17)20-6-2-3-7-21(20)25(29)33/h1-12,22-23,32H,13-16,28H2,(H2,29,33)(H,30,34)/t22-,23-/m1/s1. The molecule has 6 N–H and O–H groups in total. The van der Waals surface area contributed by atoms with Crippen molar-refractivity contribution in [2.45, 2.75) is 31.5 Å². The van der Waals surface area contributed by atoms with Gasteiger partial charge in [-0.1, -0.05) is 60.7 Å². The molecule has 0 aliphatic carbocycles. The number of carbonyl (C=O) groups is 3. The van der Waals surface area contributed by atoms with Crippen LogP contribution in [0.4, 0.5) is 5.69 Å². The SMILES string of the molecule is NC(=O)c1ccccc1-c1ccc(CN2C(=O)[C@H](NC(=O)[C@H](N)CO)CCc3ccccc32)cc1. The summed E-state index contributed by atoms with van der Waals surface area (Å²) in [6.07, 6.45) is 1.04. The van der Waals surface area contributed by atoms with Gasteiger partial charge < -0.3 is 26.8 Å². The van der Waals surface area contributed by atoms with Gasteiger partial charge in [0.25, 0.3) is 0 Å². The highest BCUT2D eigenvalue weighted by Gasteiger charge is 2.32. The molecule has 0 radical (unpaired) electrons. The number of benzene rings is 3. The monoisotopic (exact) mass is 472 g/mol. The van der Waals surface area contributed by atoms with Crippen LogP contribution in [0.15, 0.2) is 72.8 Å². The van der Waals surface area contributed by atoms with Gasteiger partial charge in [0, 0.05) is 11.3 Å². The summed E-state index contributed by atoms with van der Waals surface area (Å²) in [6, 6.07) is 20.6. The number of carbonyl (C=O) groups excluding carboxylic acids is 3. The van der Waals surface area contributed by atoms with E-state index in [4.69, 9.17) is 11.5 Å². The molecule has 0 spiro atoms. The van der Waals surface area contributed by atoms with E-state index < -0.39 is 30.5 Å². The molecule has 0 saturated carbocycles. The van der Waals surface area contributed by atoms with Crippen LogP contribution in [0, 0.1) is 0 Å². The lowest BCUT2D eigenvalue weighted by atomic mass is 9.98. The lowest BCUT2D eigenvalue weighted by molar-refractivity contribution is -0.129. The third-order valence-corrected chi connectivity index (χ3v) is 6.20. The van der Waals surface area contributed by atoms with Gasteiger partial charge in [-0.3, -0.25) is 14.4 Å². The minimum atomic E-state index is -1.09. The molecule has 1 aliphatic rings. The van der Waals surface area contributed by atoms with E-state index in [1.165, 1.54) is 0 Å². The number of aliphatic hydroxyl groups is 1. The van der Waals surface area contributed by atoms with E-state index in [1.807, 2.05) is 60.7 Å². The molecule has 3 aromatic rings. The number of rotatable bonds is 7. The molecule has 3 aromatic carbocycles. The van der Waals surface area contributed by atoms with E-state index in [0.717, 1.165) is 27.9 Å². The Hall–Kier alpha value is -4.01. The van der Waals surface area contributed by atoms with Gasteiger partial charge in [0.05, 0.1) is 13.2 Å². The fourth-order valence-corrected chi connectivity index (χ4v) is 4.30. The first-order valence-corrected chi connectivity index (χ1v) is 11.4. The van der Waals surface area contributed by atoms with Crippen LogP contribution in [0.1, 0.15) is 27.9 Å². The Bertz CT molecular complexity index is 1240. The highest BCUT2D eigenvalue weighted by atomic mass is 16.3. The third-order valence-electron chi connectivity index (χ3n) is 6.20. The molecule has 0 unspecified atom stereocenters. The van der Waals surface area contributed by atoms with Gasteiger partial charge >= 0.3 is 0 Å². The summed E-state index contributed by atoms with van der Waals surface area (Å²) in [4.78, 5) is 39.3. The van der Waals surface area contributed by atoms with Crippen molar-refractivity contribution in [1.82, 2.24) is 5.32 Å². The predicted molar refractivity (Wildman–Crippen MR) is 133 cm³/mol. The van der Waals surface area contributed by atoms with Crippen LogP contribution in [-0.2, 0) is 22.6 Å². The van der Waals surface area contributed by atoms with Crippen molar-refractivity contribution in [2.75, 3.05) is 11.5 Å². The maximum Gasteiger partial charge on any atom is 0.249 e. The second-order valence-electron chi connectivity index (χ2n) is 8.55. The molecule has 35 heavy (non-hydrogen) atoms. The Morgan fingerprint density at radius 2 is 1.71 bits per heavy atom. The van der Waals surface area contributed by atoms with Crippen LogP contribution in [0.2, 0.25) is 0 Å². The van der Waals surface area contributed by atoms with E-state index in [0.29, 0.717) is 24.9 Å². The second-order valence-corrected chi connectivity index (χ2v) is 8.55. The Labute approximate surface area is 203 Å². The summed E-state index contributed by atoms with van der Waals surface area (Å²) in [7, 11) is 0. The quantitative estimate of drug-likeness (QED) is 0.415. The summed E-state index contributed by atoms with van der Waals surface area (Å²) in [5, 5.41) is 11.9. The number of hydrogen-bond acceptors (Lipinski definition) is 5. The molecule has 180 valence electrons. The highest BCUT2D eigenvalue weighted by molar-refractivity contribution is 6.01. The number of nitrogens with two attached hydrogens (primary N) is 2. The lowest BCUT2D eigenvalue weighted by Crippen LogP contribution is -2.53. The van der Waals surface area contributed by atoms with Gasteiger partial charge in [-0.2, -0.15) is 0 Å². The molecule has 0 saturated heterocycles. The van der Waals surface area contributed by atoms with E-state index in [-0.39, 0.29) is 5.91 Å². The van der Waals surface area contributed by atoms with Crippen molar-refractivity contribution in [3.63, 3.8) is 0 Å². The first kappa shape index (κ1) is 24.1. The Morgan fingerprint density at radius 3 is 2.43 bits per heavy atom. The van der Waals surface area contributed by atoms with Crippen LogP contribution >= 0.6 is 0 Å². The molecule has 0 fully saturated rings. The molecular weight excluding hydrogens is 444 g/mol. The number of fused-ring (bicyclic) bond motifs is 1. The van der Waals surface area contributed by atoms with Crippen molar-refractivity contribution in [2.24, 2.45) is 11.5 Å². The number of hydrogen-bond donors (Lipinski definition) is 4. The fraction of sp³-hybridized carbons (Fsp3) is 0.222. The summed E-state index contributed by atoms with van der Waals surface area (Å²) in [5.74, 6) is -1.30. The molecule has 0 bridgehead atoms. The summed E-state index contributed by atoms with van der Waals surface area (Å²) < 4.78 is 0. The maximum atomic E-state index is 13.5. The second kappa shape index (κ2) is 10.5. The summed E-state index contributed by atoms with van der Waals surface area (Å²) >= 11 is 0. The van der Waals surface area contributed by atoms with Crippen molar-refractivity contribution in [1.29, 1.82) is 0 Å². The number of primary amides is 1.